The number of nitrogens with one attached hydrogen (secondary N) is 1. The molecule has 1 amide bonds. The molecule has 0 saturated carbocycles. The van der Waals surface area contributed by atoms with Gasteiger partial charge in [-0.1, -0.05) is 27.5 Å². The molecule has 2 heterocycles. The van der Waals surface area contributed by atoms with Gasteiger partial charge >= 0.3 is 5.97 Å². The van der Waals surface area contributed by atoms with Crippen LogP contribution in [0.5, 0.6) is 5.75 Å². The van der Waals surface area contributed by atoms with Crippen molar-refractivity contribution in [1.29, 1.82) is 0 Å². The van der Waals surface area contributed by atoms with Gasteiger partial charge in [0.05, 0.1) is 17.8 Å². The lowest BCUT2D eigenvalue weighted by Gasteiger charge is -2.07. The van der Waals surface area contributed by atoms with Gasteiger partial charge in [-0.15, -0.1) is 0 Å². The van der Waals surface area contributed by atoms with E-state index in [1.807, 2.05) is 0 Å². The number of nitrogens with zero attached hydrogens (tertiary/aromatic N) is 2. The zero-order valence-corrected chi connectivity index (χ0v) is 17.9. The van der Waals surface area contributed by atoms with Gasteiger partial charge in [-0.25, -0.2) is 4.79 Å². The number of esters is 1. The average molecular weight is 483 g/mol. The zero-order chi connectivity index (χ0) is 21.0. The van der Waals surface area contributed by atoms with Crippen LogP contribution in [0.2, 0.25) is 5.02 Å². The van der Waals surface area contributed by atoms with Crippen molar-refractivity contribution in [1.82, 2.24) is 9.78 Å². The highest BCUT2D eigenvalue weighted by Crippen LogP contribution is 2.28. The minimum atomic E-state index is -0.573. The Balaban J connectivity index is 1.67. The first kappa shape index (κ1) is 20.9. The molecular weight excluding hydrogens is 466 g/mol. The van der Waals surface area contributed by atoms with Crippen LogP contribution in [0.3, 0.4) is 0 Å². The SMILES string of the molecule is CCOC(=O)c1cnn(C)c1NC(=O)c1ccc(COc2ccc(Br)cc2Cl)o1. The topological polar surface area (TPSA) is 95.6 Å². The summed E-state index contributed by atoms with van der Waals surface area (Å²) in [6.45, 7) is 2.00. The van der Waals surface area contributed by atoms with Crippen molar-refractivity contribution >= 4 is 45.2 Å². The number of carbonyl (C=O) groups is 2. The van der Waals surface area contributed by atoms with E-state index in [0.29, 0.717) is 16.5 Å². The third-order valence-electron chi connectivity index (χ3n) is 3.82. The molecule has 0 bridgehead atoms. The molecule has 0 fully saturated rings. The van der Waals surface area contributed by atoms with Gasteiger partial charge in [0.25, 0.3) is 5.91 Å². The molecule has 0 unspecified atom stereocenters. The summed E-state index contributed by atoms with van der Waals surface area (Å²) in [6, 6.07) is 8.38. The Hall–Kier alpha value is -2.78. The molecule has 0 aliphatic rings. The average Bonchev–Trinajstić information content (AvgIpc) is 3.29. The third-order valence-corrected chi connectivity index (χ3v) is 4.60. The van der Waals surface area contributed by atoms with Crippen molar-refractivity contribution < 1.29 is 23.5 Å². The molecule has 3 aromatic rings. The number of carbonyl (C=O) groups excluding carboxylic acids is 2. The van der Waals surface area contributed by atoms with Gasteiger partial charge in [0.2, 0.25) is 0 Å². The number of halogens is 2. The maximum absolute atomic E-state index is 12.5. The van der Waals surface area contributed by atoms with Crippen molar-refractivity contribution in [2.45, 2.75) is 13.5 Å². The van der Waals surface area contributed by atoms with Crippen molar-refractivity contribution in [2.24, 2.45) is 7.05 Å². The summed E-state index contributed by atoms with van der Waals surface area (Å²) in [7, 11) is 1.60. The van der Waals surface area contributed by atoms with Gasteiger partial charge in [-0.2, -0.15) is 5.10 Å². The van der Waals surface area contributed by atoms with E-state index in [1.165, 1.54) is 16.9 Å². The molecule has 10 heteroatoms. The highest BCUT2D eigenvalue weighted by Gasteiger charge is 2.21. The monoisotopic (exact) mass is 481 g/mol. The molecule has 152 valence electrons. The van der Waals surface area contributed by atoms with E-state index in [1.54, 1.807) is 38.2 Å². The van der Waals surface area contributed by atoms with Crippen LogP contribution in [0.4, 0.5) is 5.82 Å². The fourth-order valence-electron chi connectivity index (χ4n) is 2.43. The first-order valence-electron chi connectivity index (χ1n) is 8.56. The van der Waals surface area contributed by atoms with E-state index in [2.05, 4.69) is 26.3 Å². The summed E-state index contributed by atoms with van der Waals surface area (Å²) >= 11 is 9.44. The Kier molecular flexibility index (Phi) is 6.60. The standard InChI is InChI=1S/C19H17BrClN3O5/c1-3-27-19(26)13-9-22-24(2)17(13)23-18(25)16-7-5-12(29-16)10-28-15-6-4-11(20)8-14(15)21/h4-9H,3,10H2,1-2H3,(H,23,25). The van der Waals surface area contributed by atoms with Crippen LogP contribution in [-0.2, 0) is 18.4 Å². The number of hydrogen-bond donors (Lipinski definition) is 1. The molecule has 0 saturated heterocycles. The molecule has 0 aliphatic heterocycles. The molecule has 3 rings (SSSR count). The van der Waals surface area contributed by atoms with E-state index in [4.69, 9.17) is 25.5 Å². The van der Waals surface area contributed by atoms with Crippen LogP contribution in [-0.4, -0.2) is 28.3 Å². The Morgan fingerprint density at radius 2 is 2.10 bits per heavy atom. The quantitative estimate of drug-likeness (QED) is 0.500. The van der Waals surface area contributed by atoms with Gasteiger partial charge < -0.3 is 19.2 Å². The number of aryl methyl sites for hydroxylation is 1. The molecule has 0 atom stereocenters. The molecule has 1 aromatic carbocycles. The number of aromatic nitrogens is 2. The van der Waals surface area contributed by atoms with Gasteiger partial charge in [-0.05, 0) is 37.3 Å². The van der Waals surface area contributed by atoms with Crippen LogP contribution < -0.4 is 10.1 Å². The number of ether oxygens (including phenoxy) is 2. The highest BCUT2D eigenvalue weighted by molar-refractivity contribution is 9.10. The maximum Gasteiger partial charge on any atom is 0.343 e. The smallest absolute Gasteiger partial charge is 0.343 e. The second kappa shape index (κ2) is 9.15. The fourth-order valence-corrected chi connectivity index (χ4v) is 3.16. The van der Waals surface area contributed by atoms with Crippen molar-refractivity contribution in [3.8, 4) is 5.75 Å². The second-order valence-electron chi connectivity index (χ2n) is 5.83. The minimum absolute atomic E-state index is 0.0570. The predicted octanol–water partition coefficient (Wildman–Crippen LogP) is 4.44. The molecule has 8 nitrogen and oxygen atoms in total. The Labute approximate surface area is 179 Å². The van der Waals surface area contributed by atoms with Gasteiger partial charge in [0, 0.05) is 11.5 Å². The van der Waals surface area contributed by atoms with E-state index >= 15 is 0 Å². The molecule has 0 spiro atoms. The van der Waals surface area contributed by atoms with Gasteiger partial charge in [-0.3, -0.25) is 9.48 Å². The summed E-state index contributed by atoms with van der Waals surface area (Å²) in [6.07, 6.45) is 1.33. The number of amides is 1. The predicted molar refractivity (Wildman–Crippen MR) is 109 cm³/mol. The van der Waals surface area contributed by atoms with Crippen molar-refractivity contribution in [2.75, 3.05) is 11.9 Å². The van der Waals surface area contributed by atoms with Gasteiger partial charge in [0.15, 0.2) is 5.76 Å². The molecule has 1 N–H and O–H groups in total. The lowest BCUT2D eigenvalue weighted by molar-refractivity contribution is 0.0527. The summed E-state index contributed by atoms with van der Waals surface area (Å²) < 4.78 is 18.3. The number of hydrogen-bond acceptors (Lipinski definition) is 6. The number of benzene rings is 1. The Morgan fingerprint density at radius 1 is 1.31 bits per heavy atom. The van der Waals surface area contributed by atoms with Crippen molar-refractivity contribution in [3.63, 3.8) is 0 Å². The lowest BCUT2D eigenvalue weighted by Crippen LogP contribution is -2.17. The second-order valence-corrected chi connectivity index (χ2v) is 7.16. The Bertz CT molecular complexity index is 1050. The third kappa shape index (κ3) is 4.99. The van der Waals surface area contributed by atoms with E-state index in [-0.39, 0.29) is 30.4 Å². The zero-order valence-electron chi connectivity index (χ0n) is 15.6. The summed E-state index contributed by atoms with van der Waals surface area (Å²) in [5.74, 6) is 0.0877. The summed E-state index contributed by atoms with van der Waals surface area (Å²) in [5, 5.41) is 7.05. The normalized spacial score (nSPS) is 10.6. The molecule has 29 heavy (non-hydrogen) atoms. The van der Waals surface area contributed by atoms with Crippen molar-refractivity contribution in [3.05, 3.63) is 63.1 Å². The maximum atomic E-state index is 12.5. The van der Waals surface area contributed by atoms with E-state index in [9.17, 15) is 9.59 Å². The fraction of sp³-hybridized carbons (Fsp3) is 0.211. The lowest BCUT2D eigenvalue weighted by atomic mass is 10.3. The Morgan fingerprint density at radius 3 is 2.83 bits per heavy atom. The van der Waals surface area contributed by atoms with Crippen LogP contribution in [0.15, 0.2) is 45.4 Å². The van der Waals surface area contributed by atoms with Crippen LogP contribution in [0, 0.1) is 0 Å². The highest BCUT2D eigenvalue weighted by atomic mass is 79.9. The van der Waals surface area contributed by atoms with Crippen LogP contribution >= 0.6 is 27.5 Å². The van der Waals surface area contributed by atoms with E-state index < -0.39 is 11.9 Å². The number of furan rings is 1. The van der Waals surface area contributed by atoms with Gasteiger partial charge in [0.1, 0.15) is 29.5 Å². The summed E-state index contributed by atoms with van der Waals surface area (Å²) in [4.78, 5) is 24.5. The number of anilines is 1. The first-order chi connectivity index (χ1) is 13.9. The molecular formula is C19H17BrClN3O5. The first-order valence-corrected chi connectivity index (χ1v) is 9.73. The minimum Gasteiger partial charge on any atom is -0.484 e. The summed E-state index contributed by atoms with van der Waals surface area (Å²) in [5.41, 5.74) is 0.155. The largest absolute Gasteiger partial charge is 0.484 e. The number of rotatable bonds is 7. The van der Waals surface area contributed by atoms with Crippen LogP contribution in [0.25, 0.3) is 0 Å². The molecule has 0 aliphatic carbocycles. The van der Waals surface area contributed by atoms with Crippen LogP contribution in [0.1, 0.15) is 33.6 Å². The van der Waals surface area contributed by atoms with E-state index in [0.717, 1.165) is 4.47 Å². The molecule has 2 aromatic heterocycles. The molecule has 0 radical (unpaired) electrons.